The number of nitrogens with zero attached hydrogens (tertiary/aromatic N) is 1. The van der Waals surface area contributed by atoms with Crippen LogP contribution in [0, 0.1) is 0 Å². The van der Waals surface area contributed by atoms with Gasteiger partial charge in [-0.2, -0.15) is 0 Å². The predicted octanol–water partition coefficient (Wildman–Crippen LogP) is 2.13. The van der Waals surface area contributed by atoms with Crippen molar-refractivity contribution in [2.75, 3.05) is 18.1 Å². The van der Waals surface area contributed by atoms with Crippen LogP contribution >= 0.6 is 0 Å². The minimum Gasteiger partial charge on any atom is -0.482 e. The number of carbonyl (C=O) groups excluding carboxylic acids is 2. The highest BCUT2D eigenvalue weighted by atomic mass is 16.5. The van der Waals surface area contributed by atoms with Gasteiger partial charge in [-0.1, -0.05) is 42.5 Å². The van der Waals surface area contributed by atoms with E-state index in [4.69, 9.17) is 9.84 Å². The zero-order valence-corrected chi connectivity index (χ0v) is 14.6. The Kier molecular flexibility index (Phi) is 5.71. The summed E-state index contributed by atoms with van der Waals surface area (Å²) in [5, 5.41) is 11.8. The first-order chi connectivity index (χ1) is 13.0. The zero-order valence-electron chi connectivity index (χ0n) is 14.6. The third-order valence-electron chi connectivity index (χ3n) is 4.29. The maximum Gasteiger partial charge on any atom is 0.303 e. The van der Waals surface area contributed by atoms with Crippen LogP contribution in [0.4, 0.5) is 5.69 Å². The van der Waals surface area contributed by atoms with Crippen molar-refractivity contribution in [1.82, 2.24) is 5.32 Å². The van der Waals surface area contributed by atoms with Gasteiger partial charge < -0.3 is 15.2 Å². The molecule has 27 heavy (non-hydrogen) atoms. The summed E-state index contributed by atoms with van der Waals surface area (Å²) in [5.41, 5.74) is 1.37. The van der Waals surface area contributed by atoms with Gasteiger partial charge in [0.15, 0.2) is 6.61 Å². The number of ether oxygens (including phenoxy) is 1. The fourth-order valence-electron chi connectivity index (χ4n) is 2.99. The van der Waals surface area contributed by atoms with Crippen molar-refractivity contribution < 1.29 is 24.2 Å². The standard InChI is InChI=1S/C20H20N2O5/c23-18(12-22-16-8-4-5-9-17(16)27-13-19(22)24)21-15(10-11-20(25)26)14-6-2-1-3-7-14/h1-9,15H,10-13H2,(H,21,23)(H,25,26). The zero-order chi connectivity index (χ0) is 19.2. The monoisotopic (exact) mass is 368 g/mol. The molecule has 1 aliphatic rings. The Bertz CT molecular complexity index is 837. The highest BCUT2D eigenvalue weighted by molar-refractivity contribution is 6.02. The van der Waals surface area contributed by atoms with Crippen LogP contribution < -0.4 is 15.0 Å². The van der Waals surface area contributed by atoms with Gasteiger partial charge in [0.1, 0.15) is 12.3 Å². The number of nitrogens with one attached hydrogen (secondary N) is 1. The molecule has 1 aliphatic heterocycles. The molecule has 0 aliphatic carbocycles. The largest absolute Gasteiger partial charge is 0.482 e. The smallest absolute Gasteiger partial charge is 0.303 e. The van der Waals surface area contributed by atoms with Crippen LogP contribution in [0.15, 0.2) is 54.6 Å². The van der Waals surface area contributed by atoms with E-state index in [1.54, 1.807) is 24.3 Å². The summed E-state index contributed by atoms with van der Waals surface area (Å²) in [6, 6.07) is 15.8. The number of rotatable bonds is 7. The fraction of sp³-hybridized carbons (Fsp3) is 0.250. The van der Waals surface area contributed by atoms with Crippen LogP contribution in [0.5, 0.6) is 5.75 Å². The van der Waals surface area contributed by atoms with Crippen molar-refractivity contribution in [3.8, 4) is 5.75 Å². The Balaban J connectivity index is 1.72. The molecule has 7 heteroatoms. The van der Waals surface area contributed by atoms with Crippen LogP contribution in [0.3, 0.4) is 0 Å². The number of hydrogen-bond donors (Lipinski definition) is 2. The molecule has 0 fully saturated rings. The number of anilines is 1. The summed E-state index contributed by atoms with van der Waals surface area (Å²) >= 11 is 0. The first-order valence-corrected chi connectivity index (χ1v) is 8.63. The number of amides is 2. The molecule has 1 unspecified atom stereocenters. The molecule has 1 atom stereocenters. The first-order valence-electron chi connectivity index (χ1n) is 8.63. The number of carboxylic acid groups (broad SMARTS) is 1. The van der Waals surface area contributed by atoms with Gasteiger partial charge in [0.05, 0.1) is 11.7 Å². The third kappa shape index (κ3) is 4.63. The predicted molar refractivity (Wildman–Crippen MR) is 98.5 cm³/mol. The Labute approximate surface area is 156 Å². The second-order valence-electron chi connectivity index (χ2n) is 6.20. The quantitative estimate of drug-likeness (QED) is 0.781. The lowest BCUT2D eigenvalue weighted by Gasteiger charge is -2.29. The molecule has 0 saturated heterocycles. The van der Waals surface area contributed by atoms with Gasteiger partial charge in [0.2, 0.25) is 5.91 Å². The van der Waals surface area contributed by atoms with Gasteiger partial charge in [-0.05, 0) is 24.1 Å². The van der Waals surface area contributed by atoms with E-state index in [1.807, 2.05) is 30.3 Å². The molecule has 7 nitrogen and oxygen atoms in total. The number of aliphatic carboxylic acids is 1. The van der Waals surface area contributed by atoms with E-state index in [2.05, 4.69) is 5.32 Å². The van der Waals surface area contributed by atoms with Gasteiger partial charge in [-0.25, -0.2) is 0 Å². The molecule has 1 heterocycles. The molecule has 140 valence electrons. The number of carboxylic acids is 1. The van der Waals surface area contributed by atoms with E-state index in [0.29, 0.717) is 11.4 Å². The van der Waals surface area contributed by atoms with Crippen molar-refractivity contribution in [3.63, 3.8) is 0 Å². The average molecular weight is 368 g/mol. The maximum absolute atomic E-state index is 12.6. The molecule has 0 spiro atoms. The molecule has 3 rings (SSSR count). The maximum atomic E-state index is 12.6. The highest BCUT2D eigenvalue weighted by Gasteiger charge is 2.27. The van der Waals surface area contributed by atoms with Crippen molar-refractivity contribution in [1.29, 1.82) is 0 Å². The lowest BCUT2D eigenvalue weighted by atomic mass is 10.0. The van der Waals surface area contributed by atoms with Crippen molar-refractivity contribution in [2.24, 2.45) is 0 Å². The molecule has 0 aromatic heterocycles. The van der Waals surface area contributed by atoms with Crippen molar-refractivity contribution in [2.45, 2.75) is 18.9 Å². The molecule has 2 aromatic rings. The van der Waals surface area contributed by atoms with Gasteiger partial charge in [-0.3, -0.25) is 19.3 Å². The highest BCUT2D eigenvalue weighted by Crippen LogP contribution is 2.31. The summed E-state index contributed by atoms with van der Waals surface area (Å²) in [7, 11) is 0. The van der Waals surface area contributed by atoms with Crippen molar-refractivity contribution in [3.05, 3.63) is 60.2 Å². The van der Waals surface area contributed by atoms with E-state index in [-0.39, 0.29) is 37.8 Å². The molecule has 2 amide bonds. The molecular formula is C20H20N2O5. The van der Waals surface area contributed by atoms with Crippen molar-refractivity contribution >= 4 is 23.5 Å². The minimum atomic E-state index is -0.928. The van der Waals surface area contributed by atoms with Crippen LogP contribution in [0.1, 0.15) is 24.4 Å². The minimum absolute atomic E-state index is 0.0703. The molecule has 0 bridgehead atoms. The van der Waals surface area contributed by atoms with Crippen LogP contribution in [0.2, 0.25) is 0 Å². The van der Waals surface area contributed by atoms with E-state index in [9.17, 15) is 14.4 Å². The molecule has 0 radical (unpaired) electrons. The Morgan fingerprint density at radius 2 is 1.81 bits per heavy atom. The number of benzene rings is 2. The molecular weight excluding hydrogens is 348 g/mol. The van der Waals surface area contributed by atoms with E-state index in [1.165, 1.54) is 4.90 Å². The summed E-state index contributed by atoms with van der Waals surface area (Å²) in [6.07, 6.45) is 0.192. The van der Waals surface area contributed by atoms with Gasteiger partial charge in [-0.15, -0.1) is 0 Å². The lowest BCUT2D eigenvalue weighted by Crippen LogP contribution is -2.45. The third-order valence-corrected chi connectivity index (χ3v) is 4.29. The van der Waals surface area contributed by atoms with Gasteiger partial charge in [0, 0.05) is 6.42 Å². The van der Waals surface area contributed by atoms with Crippen LogP contribution in [0.25, 0.3) is 0 Å². The normalized spacial score (nSPS) is 14.1. The summed E-state index contributed by atoms with van der Waals surface area (Å²) in [6.45, 7) is -0.277. The van der Waals surface area contributed by atoms with E-state index < -0.39 is 12.0 Å². The second-order valence-corrected chi connectivity index (χ2v) is 6.20. The van der Waals surface area contributed by atoms with E-state index >= 15 is 0 Å². The topological polar surface area (TPSA) is 95.9 Å². The average Bonchev–Trinajstić information content (AvgIpc) is 2.68. The number of para-hydroxylation sites is 2. The molecule has 2 N–H and O–H groups in total. The number of fused-ring (bicyclic) bond motifs is 1. The SMILES string of the molecule is O=C(O)CCC(NC(=O)CN1C(=O)COc2ccccc21)c1ccccc1. The second kappa shape index (κ2) is 8.35. The lowest BCUT2D eigenvalue weighted by molar-refractivity contribution is -0.137. The number of hydrogen-bond acceptors (Lipinski definition) is 4. The Morgan fingerprint density at radius 1 is 1.11 bits per heavy atom. The van der Waals surface area contributed by atoms with Crippen LogP contribution in [-0.2, 0) is 14.4 Å². The Morgan fingerprint density at radius 3 is 2.56 bits per heavy atom. The van der Waals surface area contributed by atoms with E-state index in [0.717, 1.165) is 5.56 Å². The summed E-state index contributed by atoms with van der Waals surface area (Å²) < 4.78 is 5.37. The van der Waals surface area contributed by atoms with Crippen LogP contribution in [-0.4, -0.2) is 36.0 Å². The molecule has 2 aromatic carbocycles. The molecule has 0 saturated carbocycles. The van der Waals surface area contributed by atoms with Gasteiger partial charge in [0.25, 0.3) is 5.91 Å². The van der Waals surface area contributed by atoms with Gasteiger partial charge >= 0.3 is 5.97 Å². The number of carbonyl (C=O) groups is 3. The summed E-state index contributed by atoms with van der Waals surface area (Å²) in [4.78, 5) is 37.1. The Hall–Kier alpha value is -3.35. The summed E-state index contributed by atoms with van der Waals surface area (Å²) in [5.74, 6) is -1.04. The fourth-order valence-corrected chi connectivity index (χ4v) is 2.99. The first kappa shape index (κ1) is 18.4.